The third-order valence-corrected chi connectivity index (χ3v) is 2.48. The standard InChI is InChI=1S/C12H16N4O2/c1-8(15-16-12(13)14)9-3-4-10-11(7-9)18-6-2-5-17-10/h3-4,7H,2,5-6H2,1H3,(H4,13,14,16). The van der Waals surface area contributed by atoms with Crippen LogP contribution in [0.4, 0.5) is 0 Å². The predicted molar refractivity (Wildman–Crippen MR) is 70.1 cm³/mol. The minimum atomic E-state index is -0.0660. The number of fused-ring (bicyclic) bond motifs is 1. The van der Waals surface area contributed by atoms with E-state index >= 15 is 0 Å². The number of nitrogens with two attached hydrogens (primary N) is 2. The van der Waals surface area contributed by atoms with Crippen molar-refractivity contribution < 1.29 is 9.47 Å². The molecule has 0 aromatic heterocycles. The van der Waals surface area contributed by atoms with Crippen molar-refractivity contribution in [3.8, 4) is 11.5 Å². The van der Waals surface area contributed by atoms with Crippen molar-refractivity contribution in [2.45, 2.75) is 13.3 Å². The van der Waals surface area contributed by atoms with E-state index in [2.05, 4.69) is 10.2 Å². The van der Waals surface area contributed by atoms with Crippen molar-refractivity contribution in [1.82, 2.24) is 0 Å². The molecule has 0 saturated carbocycles. The largest absolute Gasteiger partial charge is 0.490 e. The first-order valence-corrected chi connectivity index (χ1v) is 5.70. The highest BCUT2D eigenvalue weighted by molar-refractivity contribution is 5.99. The van der Waals surface area contributed by atoms with Gasteiger partial charge in [-0.1, -0.05) is 0 Å². The lowest BCUT2D eigenvalue weighted by atomic mass is 10.1. The van der Waals surface area contributed by atoms with Crippen LogP contribution in [0, 0.1) is 0 Å². The highest BCUT2D eigenvalue weighted by atomic mass is 16.5. The summed E-state index contributed by atoms with van der Waals surface area (Å²) >= 11 is 0. The number of benzene rings is 1. The maximum atomic E-state index is 5.60. The molecule has 1 heterocycles. The highest BCUT2D eigenvalue weighted by Gasteiger charge is 2.11. The van der Waals surface area contributed by atoms with Crippen LogP contribution in [0.25, 0.3) is 0 Å². The molecule has 0 amide bonds. The van der Waals surface area contributed by atoms with Gasteiger partial charge in [0.1, 0.15) is 0 Å². The lowest BCUT2D eigenvalue weighted by molar-refractivity contribution is 0.297. The monoisotopic (exact) mass is 248 g/mol. The van der Waals surface area contributed by atoms with E-state index in [1.54, 1.807) is 0 Å². The third-order valence-electron chi connectivity index (χ3n) is 2.48. The summed E-state index contributed by atoms with van der Waals surface area (Å²) in [7, 11) is 0. The Labute approximate surface area is 105 Å². The summed E-state index contributed by atoms with van der Waals surface area (Å²) in [4.78, 5) is 0. The number of guanidine groups is 1. The first kappa shape index (κ1) is 12.2. The van der Waals surface area contributed by atoms with Gasteiger partial charge in [-0.3, -0.25) is 0 Å². The Morgan fingerprint density at radius 3 is 2.56 bits per heavy atom. The second kappa shape index (κ2) is 5.39. The van der Waals surface area contributed by atoms with Gasteiger partial charge in [0.15, 0.2) is 11.5 Å². The molecule has 0 aliphatic carbocycles. The Morgan fingerprint density at radius 2 is 1.83 bits per heavy atom. The van der Waals surface area contributed by atoms with Gasteiger partial charge < -0.3 is 20.9 Å². The number of ether oxygens (including phenoxy) is 2. The molecule has 0 saturated heterocycles. The van der Waals surface area contributed by atoms with Crippen LogP contribution in [0.2, 0.25) is 0 Å². The van der Waals surface area contributed by atoms with Crippen LogP contribution in [-0.4, -0.2) is 24.9 Å². The topological polar surface area (TPSA) is 95.2 Å². The molecule has 6 nitrogen and oxygen atoms in total. The van der Waals surface area contributed by atoms with Gasteiger partial charge >= 0.3 is 0 Å². The third kappa shape index (κ3) is 2.91. The summed E-state index contributed by atoms with van der Waals surface area (Å²) in [5, 5.41) is 7.54. The number of rotatable bonds is 2. The molecule has 0 fully saturated rings. The van der Waals surface area contributed by atoms with Crippen LogP contribution in [0.15, 0.2) is 28.4 Å². The summed E-state index contributed by atoms with van der Waals surface area (Å²) in [5.41, 5.74) is 12.1. The molecule has 1 aromatic rings. The van der Waals surface area contributed by atoms with Gasteiger partial charge in [-0.25, -0.2) is 0 Å². The van der Waals surface area contributed by atoms with E-state index < -0.39 is 0 Å². The molecule has 4 N–H and O–H groups in total. The van der Waals surface area contributed by atoms with E-state index in [9.17, 15) is 0 Å². The van der Waals surface area contributed by atoms with Gasteiger partial charge in [0, 0.05) is 12.0 Å². The van der Waals surface area contributed by atoms with Crippen molar-refractivity contribution in [2.24, 2.45) is 21.7 Å². The first-order valence-electron chi connectivity index (χ1n) is 5.70. The summed E-state index contributed by atoms with van der Waals surface area (Å²) in [6.45, 7) is 3.15. The van der Waals surface area contributed by atoms with E-state index in [0.29, 0.717) is 18.9 Å². The Morgan fingerprint density at radius 1 is 1.11 bits per heavy atom. The minimum absolute atomic E-state index is 0.0660. The fraction of sp³-hybridized carbons (Fsp3) is 0.333. The molecule has 1 aromatic carbocycles. The maximum absolute atomic E-state index is 5.60. The average molecular weight is 248 g/mol. The zero-order valence-electron chi connectivity index (χ0n) is 10.2. The smallest absolute Gasteiger partial charge is 0.211 e. The molecule has 2 rings (SSSR count). The van der Waals surface area contributed by atoms with Crippen LogP contribution in [0.5, 0.6) is 11.5 Å². The lowest BCUT2D eigenvalue weighted by Gasteiger charge is -2.08. The van der Waals surface area contributed by atoms with Crippen molar-refractivity contribution in [2.75, 3.05) is 13.2 Å². The summed E-state index contributed by atoms with van der Waals surface area (Å²) < 4.78 is 11.1. The van der Waals surface area contributed by atoms with Crippen molar-refractivity contribution in [1.29, 1.82) is 0 Å². The molecule has 96 valence electrons. The van der Waals surface area contributed by atoms with Gasteiger partial charge in [0.25, 0.3) is 0 Å². The van der Waals surface area contributed by atoms with E-state index in [1.165, 1.54) is 0 Å². The molecule has 0 bridgehead atoms. The molecule has 1 aliphatic heterocycles. The normalized spacial score (nSPS) is 14.8. The fourth-order valence-corrected chi connectivity index (χ4v) is 1.58. The van der Waals surface area contributed by atoms with Crippen molar-refractivity contribution >= 4 is 11.7 Å². The molecule has 6 heteroatoms. The highest BCUT2D eigenvalue weighted by Crippen LogP contribution is 2.30. The number of nitrogens with zero attached hydrogens (tertiary/aromatic N) is 2. The van der Waals surface area contributed by atoms with Crippen LogP contribution in [-0.2, 0) is 0 Å². The molecule has 0 unspecified atom stereocenters. The molecular formula is C12H16N4O2. The van der Waals surface area contributed by atoms with Gasteiger partial charge in [0.2, 0.25) is 5.96 Å². The lowest BCUT2D eigenvalue weighted by Crippen LogP contribution is -2.22. The molecule has 0 atom stereocenters. The minimum Gasteiger partial charge on any atom is -0.490 e. The Kier molecular flexibility index (Phi) is 3.66. The second-order valence-corrected chi connectivity index (χ2v) is 3.92. The zero-order valence-corrected chi connectivity index (χ0v) is 10.2. The number of hydrogen-bond donors (Lipinski definition) is 2. The van der Waals surface area contributed by atoms with Gasteiger partial charge in [-0.05, 0) is 25.1 Å². The summed E-state index contributed by atoms with van der Waals surface area (Å²) in [6, 6.07) is 5.64. The van der Waals surface area contributed by atoms with Crippen LogP contribution < -0.4 is 20.9 Å². The Bertz CT molecular complexity index is 493. The molecule has 1 aliphatic rings. The first-order chi connectivity index (χ1) is 8.66. The van der Waals surface area contributed by atoms with Crippen LogP contribution in [0.3, 0.4) is 0 Å². The fourth-order valence-electron chi connectivity index (χ4n) is 1.58. The second-order valence-electron chi connectivity index (χ2n) is 3.92. The Balaban J connectivity index is 2.28. The van der Waals surface area contributed by atoms with Crippen molar-refractivity contribution in [3.05, 3.63) is 23.8 Å². The van der Waals surface area contributed by atoms with E-state index in [4.69, 9.17) is 20.9 Å². The van der Waals surface area contributed by atoms with E-state index in [0.717, 1.165) is 23.5 Å². The zero-order chi connectivity index (χ0) is 13.0. The maximum Gasteiger partial charge on any atom is 0.211 e. The van der Waals surface area contributed by atoms with E-state index in [1.807, 2.05) is 25.1 Å². The van der Waals surface area contributed by atoms with Gasteiger partial charge in [0.05, 0.1) is 18.9 Å². The molecule has 0 radical (unpaired) electrons. The number of hydrogen-bond acceptors (Lipinski definition) is 4. The molecule has 18 heavy (non-hydrogen) atoms. The summed E-state index contributed by atoms with van der Waals surface area (Å²) in [6.07, 6.45) is 0.880. The van der Waals surface area contributed by atoms with Crippen molar-refractivity contribution in [3.63, 3.8) is 0 Å². The molecular weight excluding hydrogens is 232 g/mol. The quantitative estimate of drug-likeness (QED) is 0.460. The van der Waals surface area contributed by atoms with Gasteiger partial charge in [-0.2, -0.15) is 5.10 Å². The van der Waals surface area contributed by atoms with Crippen LogP contribution in [0.1, 0.15) is 18.9 Å². The Hall–Kier alpha value is -2.24. The van der Waals surface area contributed by atoms with E-state index in [-0.39, 0.29) is 5.96 Å². The molecule has 0 spiro atoms. The van der Waals surface area contributed by atoms with Crippen LogP contribution >= 0.6 is 0 Å². The summed E-state index contributed by atoms with van der Waals surface area (Å²) in [5.74, 6) is 1.42. The predicted octanol–water partition coefficient (Wildman–Crippen LogP) is 0.845. The SMILES string of the molecule is CC(=NN=C(N)N)c1ccc2c(c1)OCCCO2. The average Bonchev–Trinajstić information content (AvgIpc) is 2.60. The van der Waals surface area contributed by atoms with Gasteiger partial charge in [-0.15, -0.1) is 5.10 Å².